The monoisotopic (exact) mass is 238 g/mol. The molecule has 0 aliphatic heterocycles. The average molecular weight is 238 g/mol. The van der Waals surface area contributed by atoms with Crippen molar-refractivity contribution in [1.82, 2.24) is 0 Å². The van der Waals surface area contributed by atoms with Crippen molar-refractivity contribution in [3.8, 4) is 0 Å². The summed E-state index contributed by atoms with van der Waals surface area (Å²) in [6.07, 6.45) is -0.0308. The first-order valence-electron chi connectivity index (χ1n) is 5.11. The highest BCUT2D eigenvalue weighted by Gasteiger charge is 2.34. The van der Waals surface area contributed by atoms with Gasteiger partial charge in [-0.15, -0.1) is 0 Å². The molecule has 0 aromatic heterocycles. The fraction of sp³-hybridized carbons (Fsp3) is 1.00. The molecule has 0 saturated carbocycles. The minimum Gasteiger partial charge on any atom is -0.394 e. The zero-order valence-electron chi connectivity index (χ0n) is 9.82. The van der Waals surface area contributed by atoms with Crippen molar-refractivity contribution in [1.29, 1.82) is 0 Å². The molecule has 0 radical (unpaired) electrons. The third kappa shape index (κ3) is 6.24. The smallest absolute Gasteiger partial charge is 0.364 e. The van der Waals surface area contributed by atoms with Crippen molar-refractivity contribution in [3.63, 3.8) is 0 Å². The van der Waals surface area contributed by atoms with E-state index in [1.165, 1.54) is 0 Å². The molecule has 92 valence electrons. The van der Waals surface area contributed by atoms with E-state index in [-0.39, 0.29) is 6.23 Å². The first-order chi connectivity index (χ1) is 7.24. The fourth-order valence-corrected chi connectivity index (χ4v) is 2.88. The van der Waals surface area contributed by atoms with Crippen LogP contribution in [0.15, 0.2) is 0 Å². The molecule has 0 bridgehead atoms. The molecule has 0 aliphatic carbocycles. The maximum Gasteiger partial charge on any atom is 0.364 e. The molecule has 1 N–H and O–H groups in total. The highest BCUT2D eigenvalue weighted by molar-refractivity contribution is 6.67. The van der Waals surface area contributed by atoms with Gasteiger partial charge in [-0.05, 0) is 6.04 Å². The van der Waals surface area contributed by atoms with Crippen LogP contribution in [0.25, 0.3) is 0 Å². The summed E-state index contributed by atoms with van der Waals surface area (Å²) in [6, 6.07) is 0.719. The molecule has 5 nitrogen and oxygen atoms in total. The minimum absolute atomic E-state index is 0.0308. The molecule has 0 atom stereocenters. The number of rotatable bonds is 10. The van der Waals surface area contributed by atoms with Gasteiger partial charge in [-0.1, -0.05) is 6.92 Å². The number of methoxy groups -OCH3 is 2. The summed E-state index contributed by atoms with van der Waals surface area (Å²) in [6.45, 7) is 3.92. The molecule has 15 heavy (non-hydrogen) atoms. The predicted molar refractivity (Wildman–Crippen MR) is 59.0 cm³/mol. The van der Waals surface area contributed by atoms with E-state index in [4.69, 9.17) is 18.3 Å². The van der Waals surface area contributed by atoms with Gasteiger partial charge in [0, 0.05) is 14.2 Å². The molecular formula is C9H22O5Si. The van der Waals surface area contributed by atoms with Crippen molar-refractivity contribution in [2.45, 2.75) is 13.0 Å². The second-order valence-electron chi connectivity index (χ2n) is 3.10. The van der Waals surface area contributed by atoms with E-state index in [2.05, 4.69) is 0 Å². The summed E-state index contributed by atoms with van der Waals surface area (Å²) in [5, 5.41) is 9.31. The minimum atomic E-state index is -2.42. The van der Waals surface area contributed by atoms with E-state index < -0.39 is 8.56 Å². The van der Waals surface area contributed by atoms with Crippen LogP contribution >= 0.6 is 0 Å². The van der Waals surface area contributed by atoms with Gasteiger partial charge in [0.15, 0.2) is 0 Å². The Balaban J connectivity index is 3.93. The number of hydrogen-bond acceptors (Lipinski definition) is 5. The molecule has 6 heteroatoms. The Morgan fingerprint density at radius 3 is 1.67 bits per heavy atom. The Morgan fingerprint density at radius 2 is 1.40 bits per heavy atom. The van der Waals surface area contributed by atoms with Gasteiger partial charge < -0.3 is 23.4 Å². The lowest BCUT2D eigenvalue weighted by molar-refractivity contribution is 0.0758. The van der Waals surface area contributed by atoms with E-state index in [1.54, 1.807) is 14.2 Å². The first kappa shape index (κ1) is 15.0. The second kappa shape index (κ2) is 9.26. The Hall–Kier alpha value is 0.0169. The molecule has 0 heterocycles. The quantitative estimate of drug-likeness (QED) is 0.438. The third-order valence-corrected chi connectivity index (χ3v) is 5.10. The number of aliphatic hydroxyl groups excluding tert-OH is 1. The summed E-state index contributed by atoms with van der Waals surface area (Å²) < 4.78 is 21.0. The molecule has 0 rings (SSSR count). The van der Waals surface area contributed by atoms with Gasteiger partial charge in [0.05, 0.1) is 32.7 Å². The first-order valence-corrected chi connectivity index (χ1v) is 7.34. The predicted octanol–water partition coefficient (Wildman–Crippen LogP) is 0.306. The van der Waals surface area contributed by atoms with Crippen LogP contribution in [0.5, 0.6) is 0 Å². The number of aliphatic hydroxyl groups is 1. The topological polar surface area (TPSA) is 57.2 Å². The van der Waals surface area contributed by atoms with Crippen molar-refractivity contribution < 1.29 is 23.4 Å². The van der Waals surface area contributed by atoms with Crippen molar-refractivity contribution in [3.05, 3.63) is 0 Å². The van der Waals surface area contributed by atoms with Crippen molar-refractivity contribution >= 4 is 8.56 Å². The van der Waals surface area contributed by atoms with Crippen LogP contribution in [-0.2, 0) is 18.3 Å². The van der Waals surface area contributed by atoms with E-state index in [0.717, 1.165) is 6.04 Å². The van der Waals surface area contributed by atoms with Gasteiger partial charge in [0.1, 0.15) is 0 Å². The van der Waals surface area contributed by atoms with Gasteiger partial charge in [0.2, 0.25) is 0 Å². The van der Waals surface area contributed by atoms with E-state index in [9.17, 15) is 5.11 Å². The maximum absolute atomic E-state index is 9.31. The van der Waals surface area contributed by atoms with Crippen LogP contribution in [0, 0.1) is 0 Å². The number of hydrogen-bond donors (Lipinski definition) is 1. The van der Waals surface area contributed by atoms with Gasteiger partial charge in [-0.25, -0.2) is 0 Å². The molecule has 0 unspecified atom stereocenters. The second-order valence-corrected chi connectivity index (χ2v) is 6.53. The summed E-state index contributed by atoms with van der Waals surface area (Å²) >= 11 is 0. The standard InChI is InChI=1S/C9H22O5Si/c1-4-15(9-10,13-7-5-11-2)14-8-6-12-3/h10H,4-9H2,1-3H3. The molecule has 0 aliphatic rings. The van der Waals surface area contributed by atoms with E-state index in [1.807, 2.05) is 6.92 Å². The van der Waals surface area contributed by atoms with Crippen LogP contribution in [0.2, 0.25) is 6.04 Å². The van der Waals surface area contributed by atoms with E-state index in [0.29, 0.717) is 26.4 Å². The molecular weight excluding hydrogens is 216 g/mol. The summed E-state index contributed by atoms with van der Waals surface area (Å²) in [7, 11) is 0.806. The summed E-state index contributed by atoms with van der Waals surface area (Å²) in [5.74, 6) is 0. The Kier molecular flexibility index (Phi) is 9.27. The van der Waals surface area contributed by atoms with Crippen molar-refractivity contribution in [2.24, 2.45) is 0 Å². The molecule has 0 fully saturated rings. The fourth-order valence-electron chi connectivity index (χ4n) is 1.07. The largest absolute Gasteiger partial charge is 0.394 e. The highest BCUT2D eigenvalue weighted by atomic mass is 28.4. The lowest BCUT2D eigenvalue weighted by Crippen LogP contribution is -2.47. The normalized spacial score (nSPS) is 12.0. The molecule has 0 aromatic rings. The Morgan fingerprint density at radius 1 is 0.933 bits per heavy atom. The third-order valence-electron chi connectivity index (χ3n) is 2.08. The van der Waals surface area contributed by atoms with Crippen LogP contribution in [0.4, 0.5) is 0 Å². The average Bonchev–Trinajstić information content (AvgIpc) is 2.28. The lowest BCUT2D eigenvalue weighted by atomic mass is 10.8. The van der Waals surface area contributed by atoms with Crippen molar-refractivity contribution in [2.75, 3.05) is 46.9 Å². The van der Waals surface area contributed by atoms with Gasteiger partial charge in [0.25, 0.3) is 0 Å². The van der Waals surface area contributed by atoms with E-state index >= 15 is 0 Å². The molecule has 0 spiro atoms. The zero-order chi connectivity index (χ0) is 11.6. The lowest BCUT2D eigenvalue weighted by Gasteiger charge is -2.27. The SMILES string of the molecule is CC[Si](CO)(OCCOC)OCCOC. The zero-order valence-corrected chi connectivity index (χ0v) is 10.8. The van der Waals surface area contributed by atoms with Crippen LogP contribution in [0.3, 0.4) is 0 Å². The number of ether oxygens (including phenoxy) is 2. The van der Waals surface area contributed by atoms with Gasteiger partial charge >= 0.3 is 8.56 Å². The van der Waals surface area contributed by atoms with Crippen LogP contribution in [-0.4, -0.2) is 60.5 Å². The molecule has 0 saturated heterocycles. The van der Waals surface area contributed by atoms with Gasteiger partial charge in [-0.2, -0.15) is 0 Å². The molecule has 0 aromatic carbocycles. The van der Waals surface area contributed by atoms with Crippen LogP contribution < -0.4 is 0 Å². The highest BCUT2D eigenvalue weighted by Crippen LogP contribution is 2.12. The molecule has 0 amide bonds. The Bertz CT molecular complexity index is 128. The van der Waals surface area contributed by atoms with Crippen LogP contribution in [0.1, 0.15) is 6.92 Å². The Labute approximate surface area is 92.5 Å². The van der Waals surface area contributed by atoms with Gasteiger partial charge in [-0.3, -0.25) is 0 Å². The maximum atomic E-state index is 9.31. The summed E-state index contributed by atoms with van der Waals surface area (Å²) in [4.78, 5) is 0. The summed E-state index contributed by atoms with van der Waals surface area (Å²) in [5.41, 5.74) is 0.